The van der Waals surface area contributed by atoms with Gasteiger partial charge in [-0.15, -0.1) is 0 Å². The van der Waals surface area contributed by atoms with Crippen LogP contribution in [-0.4, -0.2) is 28.9 Å². The van der Waals surface area contributed by atoms with E-state index in [2.05, 4.69) is 5.32 Å². The van der Waals surface area contributed by atoms with Crippen LogP contribution < -0.4 is 5.32 Å². The predicted octanol–water partition coefficient (Wildman–Crippen LogP) is 0.666. The third kappa shape index (κ3) is 2.09. The van der Waals surface area contributed by atoms with E-state index in [0.717, 1.165) is 12.8 Å². The highest BCUT2D eigenvalue weighted by molar-refractivity contribution is 7.80. The lowest BCUT2D eigenvalue weighted by Gasteiger charge is -2.29. The smallest absolute Gasteiger partial charge is 0.241 e. The van der Waals surface area contributed by atoms with Gasteiger partial charge in [0, 0.05) is 7.05 Å². The van der Waals surface area contributed by atoms with Crippen LogP contribution >= 0.6 is 12.2 Å². The zero-order chi connectivity index (χ0) is 10.7. The maximum Gasteiger partial charge on any atom is 0.241 e. The Morgan fingerprint density at radius 1 is 1.50 bits per heavy atom. The van der Waals surface area contributed by atoms with Crippen molar-refractivity contribution in [1.82, 2.24) is 10.2 Å². The Hall–Kier alpha value is -0.970. The van der Waals surface area contributed by atoms with Crippen LogP contribution in [0, 0.1) is 5.92 Å². The summed E-state index contributed by atoms with van der Waals surface area (Å²) in [5, 5.41) is 2.72. The molecule has 1 aliphatic heterocycles. The number of amides is 2. The summed E-state index contributed by atoms with van der Waals surface area (Å²) in [5.41, 5.74) is 0. The van der Waals surface area contributed by atoms with Gasteiger partial charge in [0.2, 0.25) is 11.8 Å². The molecule has 0 aromatic rings. The van der Waals surface area contributed by atoms with Crippen molar-refractivity contribution in [2.75, 3.05) is 7.05 Å². The number of nitrogens with one attached hydrogen (secondary N) is 1. The molecule has 1 heterocycles. The van der Waals surface area contributed by atoms with E-state index in [4.69, 9.17) is 12.2 Å². The molecule has 0 saturated carbocycles. The molecule has 2 amide bonds. The Morgan fingerprint density at radius 2 is 2.14 bits per heavy atom. The summed E-state index contributed by atoms with van der Waals surface area (Å²) in [5.74, 6) is -0.995. The van der Waals surface area contributed by atoms with E-state index in [-0.39, 0.29) is 16.9 Å². The molecule has 0 radical (unpaired) electrons. The highest BCUT2D eigenvalue weighted by Gasteiger charge is 2.35. The van der Waals surface area contributed by atoms with Gasteiger partial charge in [-0.05, 0) is 18.6 Å². The highest BCUT2D eigenvalue weighted by Crippen LogP contribution is 2.15. The molecule has 1 aliphatic rings. The Kier molecular flexibility index (Phi) is 3.57. The standard InChI is InChI=1S/C9H14N2O2S/c1-3-4-5-6-7(12)10-9(14)11(2)8(6)13/h6H,3-5H2,1-2H3,(H,10,12,14)/t6-/m1/s1. The van der Waals surface area contributed by atoms with E-state index < -0.39 is 5.92 Å². The third-order valence-electron chi connectivity index (χ3n) is 2.33. The van der Waals surface area contributed by atoms with E-state index in [1.807, 2.05) is 6.92 Å². The molecule has 1 N–H and O–H groups in total. The number of hydrogen-bond acceptors (Lipinski definition) is 3. The van der Waals surface area contributed by atoms with Gasteiger partial charge >= 0.3 is 0 Å². The first-order valence-electron chi connectivity index (χ1n) is 4.70. The van der Waals surface area contributed by atoms with Crippen molar-refractivity contribution in [2.24, 2.45) is 5.92 Å². The van der Waals surface area contributed by atoms with Gasteiger partial charge in [0.25, 0.3) is 0 Å². The molecular weight excluding hydrogens is 200 g/mol. The Bertz CT molecular complexity index is 278. The van der Waals surface area contributed by atoms with Crippen molar-refractivity contribution in [3.63, 3.8) is 0 Å². The summed E-state index contributed by atoms with van der Waals surface area (Å²) >= 11 is 4.82. The van der Waals surface area contributed by atoms with Gasteiger partial charge in [-0.1, -0.05) is 19.8 Å². The molecular formula is C9H14N2O2S. The predicted molar refractivity (Wildman–Crippen MR) is 56.5 cm³/mol. The molecule has 4 nitrogen and oxygen atoms in total. The van der Waals surface area contributed by atoms with Crippen molar-refractivity contribution in [3.8, 4) is 0 Å². The van der Waals surface area contributed by atoms with Crippen LogP contribution in [0.5, 0.6) is 0 Å². The minimum absolute atomic E-state index is 0.188. The number of rotatable bonds is 3. The molecule has 0 aromatic carbocycles. The molecule has 1 atom stereocenters. The largest absolute Gasteiger partial charge is 0.302 e. The number of carbonyl (C=O) groups excluding carboxylic acids is 2. The lowest BCUT2D eigenvalue weighted by atomic mass is 9.98. The van der Waals surface area contributed by atoms with E-state index in [0.29, 0.717) is 6.42 Å². The Labute approximate surface area is 88.6 Å². The first kappa shape index (κ1) is 11.1. The first-order chi connectivity index (χ1) is 6.57. The zero-order valence-electron chi connectivity index (χ0n) is 8.37. The minimum Gasteiger partial charge on any atom is -0.302 e. The summed E-state index contributed by atoms with van der Waals surface area (Å²) in [6.45, 7) is 2.03. The first-order valence-corrected chi connectivity index (χ1v) is 5.11. The number of hydrogen-bond donors (Lipinski definition) is 1. The number of thiocarbonyl (C=S) groups is 1. The second-order valence-corrected chi connectivity index (χ2v) is 3.77. The van der Waals surface area contributed by atoms with Crippen LogP contribution in [0.4, 0.5) is 0 Å². The molecule has 0 unspecified atom stereocenters. The van der Waals surface area contributed by atoms with Gasteiger partial charge in [0.15, 0.2) is 5.11 Å². The van der Waals surface area contributed by atoms with Gasteiger partial charge in [0.1, 0.15) is 5.92 Å². The maximum atomic E-state index is 11.6. The Balaban J connectivity index is 2.69. The van der Waals surface area contributed by atoms with Crippen LogP contribution in [0.15, 0.2) is 0 Å². The van der Waals surface area contributed by atoms with Gasteiger partial charge in [-0.25, -0.2) is 0 Å². The molecule has 5 heteroatoms. The average Bonchev–Trinajstić information content (AvgIpc) is 2.14. The number of nitrogens with zero attached hydrogens (tertiary/aromatic N) is 1. The van der Waals surface area contributed by atoms with Gasteiger partial charge in [0.05, 0.1) is 0 Å². The molecule has 14 heavy (non-hydrogen) atoms. The van der Waals surface area contributed by atoms with Crippen LogP contribution in [0.1, 0.15) is 26.2 Å². The quantitative estimate of drug-likeness (QED) is 0.555. The second kappa shape index (κ2) is 4.50. The van der Waals surface area contributed by atoms with E-state index >= 15 is 0 Å². The summed E-state index contributed by atoms with van der Waals surface area (Å²) in [6.07, 6.45) is 2.46. The summed E-state index contributed by atoms with van der Waals surface area (Å²) in [4.78, 5) is 24.4. The van der Waals surface area contributed by atoms with Crippen molar-refractivity contribution in [1.29, 1.82) is 0 Å². The Morgan fingerprint density at radius 3 is 2.71 bits per heavy atom. The minimum atomic E-state index is -0.549. The van der Waals surface area contributed by atoms with Crippen LogP contribution in [0.25, 0.3) is 0 Å². The molecule has 0 aromatic heterocycles. The number of carbonyl (C=O) groups is 2. The van der Waals surface area contributed by atoms with E-state index in [9.17, 15) is 9.59 Å². The van der Waals surface area contributed by atoms with Crippen LogP contribution in [-0.2, 0) is 9.59 Å². The fraction of sp³-hybridized carbons (Fsp3) is 0.667. The fourth-order valence-corrected chi connectivity index (χ4v) is 1.58. The maximum absolute atomic E-state index is 11.6. The fourth-order valence-electron chi connectivity index (χ4n) is 1.39. The molecule has 1 saturated heterocycles. The average molecular weight is 214 g/mol. The molecule has 78 valence electrons. The monoisotopic (exact) mass is 214 g/mol. The SMILES string of the molecule is CCCC[C@@H]1C(=O)NC(=S)N(C)C1=O. The van der Waals surface area contributed by atoms with Gasteiger partial charge in [-0.2, -0.15) is 0 Å². The van der Waals surface area contributed by atoms with Crippen molar-refractivity contribution < 1.29 is 9.59 Å². The van der Waals surface area contributed by atoms with Gasteiger partial charge < -0.3 is 5.32 Å². The van der Waals surface area contributed by atoms with Crippen molar-refractivity contribution in [2.45, 2.75) is 26.2 Å². The molecule has 0 aliphatic carbocycles. The lowest BCUT2D eigenvalue weighted by Crippen LogP contribution is -2.56. The molecule has 0 bridgehead atoms. The zero-order valence-corrected chi connectivity index (χ0v) is 9.19. The van der Waals surface area contributed by atoms with Gasteiger partial charge in [-0.3, -0.25) is 14.5 Å². The van der Waals surface area contributed by atoms with E-state index in [1.165, 1.54) is 4.90 Å². The lowest BCUT2D eigenvalue weighted by molar-refractivity contribution is -0.140. The summed E-state index contributed by atoms with van der Waals surface area (Å²) in [7, 11) is 1.59. The van der Waals surface area contributed by atoms with Crippen molar-refractivity contribution >= 4 is 29.1 Å². The topological polar surface area (TPSA) is 49.4 Å². The number of unbranched alkanes of at least 4 members (excludes halogenated alkanes) is 1. The normalized spacial score (nSPS) is 22.6. The van der Waals surface area contributed by atoms with Crippen LogP contribution in [0.3, 0.4) is 0 Å². The van der Waals surface area contributed by atoms with Crippen molar-refractivity contribution in [3.05, 3.63) is 0 Å². The summed E-state index contributed by atoms with van der Waals surface area (Å²) < 4.78 is 0. The summed E-state index contributed by atoms with van der Waals surface area (Å²) in [6, 6.07) is 0. The molecule has 0 spiro atoms. The molecule has 1 fully saturated rings. The van der Waals surface area contributed by atoms with E-state index in [1.54, 1.807) is 7.05 Å². The second-order valence-electron chi connectivity index (χ2n) is 3.39. The third-order valence-corrected chi connectivity index (χ3v) is 2.70. The highest BCUT2D eigenvalue weighted by atomic mass is 32.1. The van der Waals surface area contributed by atoms with Crippen LogP contribution in [0.2, 0.25) is 0 Å². The molecule has 1 rings (SSSR count).